The van der Waals surface area contributed by atoms with E-state index < -0.39 is 19.3 Å². The molecular weight excluding hydrogens is 304 g/mol. The summed E-state index contributed by atoms with van der Waals surface area (Å²) in [7, 11) is -3.49. The molecule has 0 bridgehead atoms. The van der Waals surface area contributed by atoms with Gasteiger partial charge in [0.15, 0.2) is 19.3 Å². The normalized spacial score (nSPS) is 15.3. The summed E-state index contributed by atoms with van der Waals surface area (Å²) < 4.78 is 22.1. The molecule has 0 amide bonds. The second-order valence-electron chi connectivity index (χ2n) is 4.02. The molecule has 0 aliphatic rings. The first-order valence-electron chi connectivity index (χ1n) is 5.25. The van der Waals surface area contributed by atoms with Crippen LogP contribution in [0.15, 0.2) is 24.3 Å². The molecule has 0 saturated carbocycles. The van der Waals surface area contributed by atoms with E-state index in [4.69, 9.17) is 0 Å². The SMILES string of the molecule is CCS(=O)(=O)C(C)(Br)C(=O)c1ccc(C)cc1. The lowest BCUT2D eigenvalue weighted by Crippen LogP contribution is -2.38. The second kappa shape index (κ2) is 4.90. The average molecular weight is 319 g/mol. The Hall–Kier alpha value is -0.680. The van der Waals surface area contributed by atoms with Crippen LogP contribution in [0.5, 0.6) is 0 Å². The third-order valence-electron chi connectivity index (χ3n) is 2.68. The highest BCUT2D eigenvalue weighted by atomic mass is 79.9. The van der Waals surface area contributed by atoms with Crippen molar-refractivity contribution in [3.63, 3.8) is 0 Å². The standard InChI is InChI=1S/C12H15BrO3S/c1-4-17(15,16)12(3,13)11(14)10-7-5-9(2)6-8-10/h5-8H,4H2,1-3H3. The monoisotopic (exact) mass is 318 g/mol. The highest BCUT2D eigenvalue weighted by molar-refractivity contribution is 9.12. The summed E-state index contributed by atoms with van der Waals surface area (Å²) >= 11 is 3.05. The molecule has 1 atom stereocenters. The molecule has 1 aromatic rings. The molecule has 1 unspecified atom stereocenters. The summed E-state index contributed by atoms with van der Waals surface area (Å²) in [5.41, 5.74) is 1.42. The molecule has 17 heavy (non-hydrogen) atoms. The first kappa shape index (κ1) is 14.4. The van der Waals surface area contributed by atoms with Crippen molar-refractivity contribution in [2.45, 2.75) is 24.4 Å². The van der Waals surface area contributed by atoms with Gasteiger partial charge in [-0.1, -0.05) is 52.7 Å². The lowest BCUT2D eigenvalue weighted by molar-refractivity contribution is 0.0983. The number of benzene rings is 1. The largest absolute Gasteiger partial charge is 0.291 e. The van der Waals surface area contributed by atoms with Crippen LogP contribution in [-0.2, 0) is 9.84 Å². The Bertz CT molecular complexity index is 515. The molecule has 0 N–H and O–H groups in total. The molecule has 0 saturated heterocycles. The molecule has 1 aromatic carbocycles. The van der Waals surface area contributed by atoms with Gasteiger partial charge in [0.1, 0.15) is 0 Å². The van der Waals surface area contributed by atoms with Gasteiger partial charge in [0.2, 0.25) is 0 Å². The van der Waals surface area contributed by atoms with Gasteiger partial charge in [-0.2, -0.15) is 0 Å². The van der Waals surface area contributed by atoms with Gasteiger partial charge in [-0.25, -0.2) is 8.42 Å². The smallest absolute Gasteiger partial charge is 0.194 e. The Kier molecular flexibility index (Phi) is 4.15. The number of carbonyl (C=O) groups is 1. The van der Waals surface area contributed by atoms with Gasteiger partial charge >= 0.3 is 0 Å². The van der Waals surface area contributed by atoms with E-state index in [-0.39, 0.29) is 5.75 Å². The molecule has 0 aliphatic heterocycles. The van der Waals surface area contributed by atoms with Crippen molar-refractivity contribution in [2.24, 2.45) is 0 Å². The molecule has 0 radical (unpaired) electrons. The van der Waals surface area contributed by atoms with Crippen molar-refractivity contribution in [2.75, 3.05) is 5.75 Å². The lowest BCUT2D eigenvalue weighted by atomic mass is 10.1. The average Bonchev–Trinajstić information content (AvgIpc) is 2.28. The lowest BCUT2D eigenvalue weighted by Gasteiger charge is -2.20. The summed E-state index contributed by atoms with van der Waals surface area (Å²) in [5.74, 6) is -0.508. The van der Waals surface area contributed by atoms with Crippen LogP contribution in [-0.4, -0.2) is 23.6 Å². The third-order valence-corrected chi connectivity index (χ3v) is 6.64. The predicted octanol–water partition coefficient (Wildman–Crippen LogP) is 2.72. The van der Waals surface area contributed by atoms with Gasteiger partial charge in [0, 0.05) is 11.3 Å². The van der Waals surface area contributed by atoms with E-state index in [1.54, 1.807) is 24.3 Å². The fourth-order valence-corrected chi connectivity index (χ4v) is 3.23. The van der Waals surface area contributed by atoms with Crippen molar-refractivity contribution >= 4 is 31.6 Å². The fourth-order valence-electron chi connectivity index (χ4n) is 1.38. The minimum absolute atomic E-state index is 0.0770. The number of rotatable bonds is 4. The van der Waals surface area contributed by atoms with Crippen molar-refractivity contribution in [1.82, 2.24) is 0 Å². The quantitative estimate of drug-likeness (QED) is 0.633. The van der Waals surface area contributed by atoms with Crippen LogP contribution in [0.2, 0.25) is 0 Å². The highest BCUT2D eigenvalue weighted by Gasteiger charge is 2.42. The van der Waals surface area contributed by atoms with E-state index in [9.17, 15) is 13.2 Å². The van der Waals surface area contributed by atoms with Crippen molar-refractivity contribution in [3.8, 4) is 0 Å². The molecule has 0 spiro atoms. The number of sulfone groups is 1. The Balaban J connectivity index is 3.18. The maximum absolute atomic E-state index is 12.2. The van der Waals surface area contributed by atoms with Gasteiger partial charge in [-0.3, -0.25) is 4.79 Å². The van der Waals surface area contributed by atoms with Crippen LogP contribution in [0.25, 0.3) is 0 Å². The zero-order chi connectivity index (χ0) is 13.3. The van der Waals surface area contributed by atoms with Crippen LogP contribution in [0, 0.1) is 6.92 Å². The van der Waals surface area contributed by atoms with Crippen LogP contribution >= 0.6 is 15.9 Å². The zero-order valence-corrected chi connectivity index (χ0v) is 12.4. The Morgan fingerprint density at radius 1 is 1.29 bits per heavy atom. The van der Waals surface area contributed by atoms with Crippen LogP contribution in [0.3, 0.4) is 0 Å². The van der Waals surface area contributed by atoms with Crippen LogP contribution < -0.4 is 0 Å². The number of ketones is 1. The highest BCUT2D eigenvalue weighted by Crippen LogP contribution is 2.30. The summed E-state index contributed by atoms with van der Waals surface area (Å²) in [5, 5.41) is 0. The molecule has 0 aromatic heterocycles. The number of hydrogen-bond donors (Lipinski definition) is 0. The molecular formula is C12H15BrO3S. The molecule has 0 heterocycles. The van der Waals surface area contributed by atoms with Gasteiger partial charge < -0.3 is 0 Å². The van der Waals surface area contributed by atoms with E-state index in [0.717, 1.165) is 5.56 Å². The number of aryl methyl sites for hydroxylation is 1. The second-order valence-corrected chi connectivity index (χ2v) is 8.75. The summed E-state index contributed by atoms with van der Waals surface area (Å²) in [6, 6.07) is 6.86. The van der Waals surface area contributed by atoms with Crippen molar-refractivity contribution in [1.29, 1.82) is 0 Å². The fraction of sp³-hybridized carbons (Fsp3) is 0.417. The Morgan fingerprint density at radius 3 is 2.18 bits per heavy atom. The number of Topliss-reactive ketones (excluding diaryl/α,β-unsaturated/α-hetero) is 1. The summed E-state index contributed by atoms with van der Waals surface area (Å²) in [6.07, 6.45) is 0. The molecule has 0 fully saturated rings. The minimum atomic E-state index is -3.49. The van der Waals surface area contributed by atoms with Gasteiger partial charge in [0.25, 0.3) is 0 Å². The molecule has 1 rings (SSSR count). The topological polar surface area (TPSA) is 51.2 Å². The first-order chi connectivity index (χ1) is 7.72. The Labute approximate surface area is 110 Å². The van der Waals surface area contributed by atoms with E-state index >= 15 is 0 Å². The minimum Gasteiger partial charge on any atom is -0.291 e. The number of alkyl halides is 1. The van der Waals surface area contributed by atoms with E-state index in [1.165, 1.54) is 13.8 Å². The van der Waals surface area contributed by atoms with E-state index in [0.29, 0.717) is 5.56 Å². The van der Waals surface area contributed by atoms with Gasteiger partial charge in [-0.15, -0.1) is 0 Å². The molecule has 3 nitrogen and oxygen atoms in total. The van der Waals surface area contributed by atoms with Crippen molar-refractivity contribution in [3.05, 3.63) is 35.4 Å². The summed E-state index contributed by atoms with van der Waals surface area (Å²) in [4.78, 5) is 12.2. The van der Waals surface area contributed by atoms with E-state index in [2.05, 4.69) is 15.9 Å². The predicted molar refractivity (Wildman–Crippen MR) is 72.3 cm³/mol. The molecule has 5 heteroatoms. The van der Waals surface area contributed by atoms with Crippen molar-refractivity contribution < 1.29 is 13.2 Å². The number of halogens is 1. The van der Waals surface area contributed by atoms with Crippen LogP contribution in [0.4, 0.5) is 0 Å². The number of carbonyl (C=O) groups excluding carboxylic acids is 1. The molecule has 0 aliphatic carbocycles. The maximum atomic E-state index is 12.2. The summed E-state index contributed by atoms with van der Waals surface area (Å²) in [6.45, 7) is 4.82. The number of hydrogen-bond acceptors (Lipinski definition) is 3. The molecule has 94 valence electrons. The third kappa shape index (κ3) is 2.77. The van der Waals surface area contributed by atoms with E-state index in [1.807, 2.05) is 6.92 Å². The maximum Gasteiger partial charge on any atom is 0.194 e. The van der Waals surface area contributed by atoms with Gasteiger partial charge in [0.05, 0.1) is 0 Å². The first-order valence-corrected chi connectivity index (χ1v) is 7.69. The Morgan fingerprint density at radius 2 is 1.76 bits per heavy atom. The van der Waals surface area contributed by atoms with Crippen LogP contribution in [0.1, 0.15) is 29.8 Å². The van der Waals surface area contributed by atoms with Gasteiger partial charge in [-0.05, 0) is 13.8 Å². The zero-order valence-electron chi connectivity index (χ0n) is 10.0.